The van der Waals surface area contributed by atoms with Crippen LogP contribution in [0.1, 0.15) is 50.5 Å². The van der Waals surface area contributed by atoms with E-state index >= 15 is 0 Å². The molecule has 35 heavy (non-hydrogen) atoms. The van der Waals surface area contributed by atoms with Crippen molar-refractivity contribution in [2.24, 2.45) is 4.99 Å². The molecule has 4 rings (SSSR count). The molecule has 1 aliphatic rings. The zero-order chi connectivity index (χ0) is 24.9. The summed E-state index contributed by atoms with van der Waals surface area (Å²) in [5, 5.41) is 12.0. The van der Waals surface area contributed by atoms with E-state index in [0.29, 0.717) is 17.8 Å². The van der Waals surface area contributed by atoms with Crippen molar-refractivity contribution in [3.8, 4) is 0 Å². The smallest absolute Gasteiger partial charge is 0.226 e. The number of nitrogens with zero attached hydrogens (tertiary/aromatic N) is 4. The van der Waals surface area contributed by atoms with E-state index in [9.17, 15) is 9.90 Å². The van der Waals surface area contributed by atoms with Gasteiger partial charge in [-0.25, -0.2) is 9.98 Å². The average molecular weight is 585 g/mol. The minimum atomic E-state index is -1.02. The summed E-state index contributed by atoms with van der Waals surface area (Å²) in [6.45, 7) is 7.26. The van der Waals surface area contributed by atoms with E-state index in [0.717, 1.165) is 53.9 Å². The van der Waals surface area contributed by atoms with E-state index in [-0.39, 0.29) is 11.9 Å². The number of aliphatic hydroxyl groups excluding tert-OH is 1. The molecule has 3 aromatic rings. The highest BCUT2D eigenvalue weighted by molar-refractivity contribution is 14.1. The van der Waals surface area contributed by atoms with Gasteiger partial charge in [-0.15, -0.1) is 0 Å². The molecule has 8 heteroatoms. The molecule has 1 unspecified atom stereocenters. The molecule has 1 atom stereocenters. The van der Waals surface area contributed by atoms with Crippen molar-refractivity contribution in [1.82, 2.24) is 8.51 Å². The SMILES string of the molecule is CCC(=O)N(c1ccccc1)C1CCN(c2nc3ccc(C)cc3cc2C(O)/N=C(/C)NI)CC1. The number of rotatable bonds is 6. The number of piperidine rings is 1. The van der Waals surface area contributed by atoms with Gasteiger partial charge in [0.05, 0.1) is 28.4 Å². The van der Waals surface area contributed by atoms with Gasteiger partial charge in [-0.05, 0) is 57.0 Å². The molecular formula is C27H32IN5O2. The fraction of sp³-hybridized carbons (Fsp3) is 0.370. The predicted molar refractivity (Wildman–Crippen MR) is 151 cm³/mol. The van der Waals surface area contributed by atoms with E-state index in [1.165, 1.54) is 0 Å². The van der Waals surface area contributed by atoms with Crippen molar-refractivity contribution < 1.29 is 9.90 Å². The molecule has 1 fully saturated rings. The second-order valence-electron chi connectivity index (χ2n) is 8.95. The lowest BCUT2D eigenvalue weighted by atomic mass is 10.0. The summed E-state index contributed by atoms with van der Waals surface area (Å²) in [4.78, 5) is 26.4. The Balaban J connectivity index is 1.64. The largest absolute Gasteiger partial charge is 0.368 e. The number of hydrogen-bond acceptors (Lipinski definition) is 5. The Bertz CT molecular complexity index is 1210. The maximum absolute atomic E-state index is 12.9. The number of benzene rings is 2. The molecule has 0 aliphatic carbocycles. The monoisotopic (exact) mass is 585 g/mol. The normalized spacial score (nSPS) is 15.8. The number of aliphatic hydroxyl groups is 1. The van der Waals surface area contributed by atoms with Crippen molar-refractivity contribution in [2.45, 2.75) is 52.3 Å². The first-order chi connectivity index (χ1) is 16.9. The first-order valence-corrected chi connectivity index (χ1v) is 13.1. The van der Waals surface area contributed by atoms with Crippen LogP contribution in [0.5, 0.6) is 0 Å². The molecule has 184 valence electrons. The maximum atomic E-state index is 12.9. The highest BCUT2D eigenvalue weighted by Gasteiger charge is 2.30. The lowest BCUT2D eigenvalue weighted by Crippen LogP contribution is -2.48. The molecule has 0 bridgehead atoms. The quantitative estimate of drug-likeness (QED) is 0.178. The van der Waals surface area contributed by atoms with Crippen molar-refractivity contribution in [1.29, 1.82) is 0 Å². The highest BCUT2D eigenvalue weighted by Crippen LogP contribution is 2.33. The van der Waals surface area contributed by atoms with Crippen molar-refractivity contribution in [3.63, 3.8) is 0 Å². The van der Waals surface area contributed by atoms with Crippen molar-refractivity contribution in [3.05, 3.63) is 65.7 Å². The van der Waals surface area contributed by atoms with Gasteiger partial charge in [0.1, 0.15) is 11.7 Å². The molecule has 2 aromatic carbocycles. The number of amidine groups is 1. The topological polar surface area (TPSA) is 81.1 Å². The van der Waals surface area contributed by atoms with Gasteiger partial charge in [0.2, 0.25) is 5.91 Å². The fourth-order valence-corrected chi connectivity index (χ4v) is 4.82. The third kappa shape index (κ3) is 5.75. The Kier molecular flexibility index (Phi) is 8.22. The van der Waals surface area contributed by atoms with Crippen LogP contribution in [0.3, 0.4) is 0 Å². The molecule has 2 heterocycles. The van der Waals surface area contributed by atoms with Gasteiger partial charge in [-0.3, -0.25) is 4.79 Å². The number of nitrogens with one attached hydrogen (secondary N) is 1. The molecular weight excluding hydrogens is 553 g/mol. The number of hydrogen-bond donors (Lipinski definition) is 2. The summed E-state index contributed by atoms with van der Waals surface area (Å²) in [7, 11) is 0. The molecule has 0 radical (unpaired) electrons. The van der Waals surface area contributed by atoms with E-state index in [1.807, 2.05) is 91.0 Å². The lowest BCUT2D eigenvalue weighted by molar-refractivity contribution is -0.118. The molecule has 7 nitrogen and oxygen atoms in total. The number of halogens is 1. The number of amides is 1. The summed E-state index contributed by atoms with van der Waals surface area (Å²) >= 11 is 2.01. The molecule has 2 N–H and O–H groups in total. The van der Waals surface area contributed by atoms with Crippen LogP contribution in [0.25, 0.3) is 10.9 Å². The summed E-state index contributed by atoms with van der Waals surface area (Å²) in [6, 6.07) is 18.2. The second kappa shape index (κ2) is 11.3. The van der Waals surface area contributed by atoms with Gasteiger partial charge in [-0.1, -0.05) is 36.8 Å². The third-order valence-corrected chi connectivity index (χ3v) is 7.22. The molecule has 0 spiro atoms. The van der Waals surface area contributed by atoms with E-state index in [1.54, 1.807) is 0 Å². The minimum Gasteiger partial charge on any atom is -0.368 e. The van der Waals surface area contributed by atoms with Gasteiger partial charge in [0, 0.05) is 42.2 Å². The second-order valence-corrected chi connectivity index (χ2v) is 9.49. The molecule has 1 saturated heterocycles. The first-order valence-electron chi connectivity index (χ1n) is 12.0. The Morgan fingerprint density at radius 1 is 1.23 bits per heavy atom. The summed E-state index contributed by atoms with van der Waals surface area (Å²) in [5.41, 5.74) is 3.67. The molecule has 1 amide bonds. The van der Waals surface area contributed by atoms with E-state index in [4.69, 9.17) is 4.98 Å². The number of para-hydroxylation sites is 1. The number of fused-ring (bicyclic) bond motifs is 1. The number of carbonyl (C=O) groups excluding carboxylic acids is 1. The van der Waals surface area contributed by atoms with Crippen LogP contribution in [-0.4, -0.2) is 41.0 Å². The Labute approximate surface area is 220 Å². The zero-order valence-corrected chi connectivity index (χ0v) is 22.6. The Hall–Kier alpha value is -2.72. The highest BCUT2D eigenvalue weighted by atomic mass is 127. The van der Waals surface area contributed by atoms with Crippen molar-refractivity contribution >= 4 is 57.0 Å². The number of pyridine rings is 1. The number of carbonyl (C=O) groups is 1. The predicted octanol–water partition coefficient (Wildman–Crippen LogP) is 5.30. The molecule has 0 saturated carbocycles. The van der Waals surface area contributed by atoms with Gasteiger partial charge in [-0.2, -0.15) is 0 Å². The summed E-state index contributed by atoms with van der Waals surface area (Å²) in [5.74, 6) is 1.54. The summed E-state index contributed by atoms with van der Waals surface area (Å²) in [6.07, 6.45) is 1.09. The Morgan fingerprint density at radius 2 is 1.94 bits per heavy atom. The van der Waals surface area contributed by atoms with Gasteiger partial charge < -0.3 is 18.4 Å². The van der Waals surface area contributed by atoms with Crippen LogP contribution in [0.15, 0.2) is 59.6 Å². The third-order valence-electron chi connectivity index (χ3n) is 6.44. The van der Waals surface area contributed by atoms with Crippen molar-refractivity contribution in [2.75, 3.05) is 22.9 Å². The fourth-order valence-electron chi connectivity index (χ4n) is 4.68. The minimum absolute atomic E-state index is 0.126. The van der Waals surface area contributed by atoms with Crippen LogP contribution < -0.4 is 13.3 Å². The number of aromatic nitrogens is 1. The van der Waals surface area contributed by atoms with Crippen LogP contribution in [0.2, 0.25) is 0 Å². The summed E-state index contributed by atoms with van der Waals surface area (Å²) < 4.78 is 2.95. The van der Waals surface area contributed by atoms with Crippen LogP contribution in [0, 0.1) is 6.92 Å². The maximum Gasteiger partial charge on any atom is 0.226 e. The van der Waals surface area contributed by atoms with Crippen LogP contribution >= 0.6 is 22.9 Å². The first kappa shape index (κ1) is 25.4. The van der Waals surface area contributed by atoms with Gasteiger partial charge in [0.25, 0.3) is 0 Å². The molecule has 1 aliphatic heterocycles. The van der Waals surface area contributed by atoms with Crippen LogP contribution in [0.4, 0.5) is 11.5 Å². The Morgan fingerprint density at radius 3 is 2.60 bits per heavy atom. The average Bonchev–Trinajstić information content (AvgIpc) is 2.88. The van der Waals surface area contributed by atoms with E-state index in [2.05, 4.69) is 25.6 Å². The lowest BCUT2D eigenvalue weighted by Gasteiger charge is -2.39. The van der Waals surface area contributed by atoms with E-state index < -0.39 is 6.23 Å². The van der Waals surface area contributed by atoms with Gasteiger partial charge >= 0.3 is 0 Å². The number of aryl methyl sites for hydroxylation is 1. The van der Waals surface area contributed by atoms with Crippen LogP contribution in [-0.2, 0) is 4.79 Å². The van der Waals surface area contributed by atoms with Gasteiger partial charge in [0.15, 0.2) is 6.23 Å². The standard InChI is InChI=1S/C27H32IN5O2/c1-4-25(34)33(21-8-6-5-7-9-21)22-12-14-32(15-13-22)26-23(27(35)29-19(3)31-28)17-20-16-18(2)10-11-24(20)30-26/h5-11,16-17,22,27,35H,4,12-15H2,1-3H3,(H,29,31). The number of anilines is 2. The number of aliphatic imine (C=N–C) groups is 1. The zero-order valence-electron chi connectivity index (χ0n) is 20.4. The molecule has 1 aromatic heterocycles.